The third-order valence-corrected chi connectivity index (χ3v) is 3.46. The number of nitrogens with one attached hydrogen (secondary N) is 2. The molecule has 0 spiro atoms. The fourth-order valence-corrected chi connectivity index (χ4v) is 2.47. The highest BCUT2D eigenvalue weighted by Gasteiger charge is 2.28. The lowest BCUT2D eigenvalue weighted by Gasteiger charge is -2.33. The molecular weight excluding hydrogens is 260 g/mol. The minimum Gasteiger partial charge on any atom is -0.490 e. The van der Waals surface area contributed by atoms with Crippen molar-refractivity contribution in [3.63, 3.8) is 0 Å². The maximum absolute atomic E-state index is 11.8. The van der Waals surface area contributed by atoms with Gasteiger partial charge in [0, 0.05) is 20.1 Å². The highest BCUT2D eigenvalue weighted by atomic mass is 16.5. The van der Waals surface area contributed by atoms with Crippen LogP contribution in [-0.4, -0.2) is 43.1 Å². The van der Waals surface area contributed by atoms with Crippen LogP contribution in [0.2, 0.25) is 0 Å². The summed E-state index contributed by atoms with van der Waals surface area (Å²) < 4.78 is 5.33. The molecule has 20 heavy (non-hydrogen) atoms. The average molecular weight is 280 g/mol. The first-order valence-corrected chi connectivity index (χ1v) is 6.53. The predicted molar refractivity (Wildman–Crippen MR) is 75.4 cm³/mol. The molecule has 1 aromatic rings. The van der Waals surface area contributed by atoms with Gasteiger partial charge in [-0.2, -0.15) is 0 Å². The monoisotopic (exact) mass is 280 g/mol. The lowest BCUT2D eigenvalue weighted by atomic mass is 9.97. The Balaban J connectivity index is 2.24. The minimum absolute atomic E-state index is 0.0392. The largest absolute Gasteiger partial charge is 0.490 e. The Morgan fingerprint density at radius 3 is 3.00 bits per heavy atom. The van der Waals surface area contributed by atoms with Gasteiger partial charge in [-0.15, -0.1) is 0 Å². The molecule has 1 atom stereocenters. The summed E-state index contributed by atoms with van der Waals surface area (Å²) in [6.07, 6.45) is 3.23. The van der Waals surface area contributed by atoms with E-state index in [1.165, 1.54) is 6.33 Å². The van der Waals surface area contributed by atoms with Crippen molar-refractivity contribution in [2.75, 3.05) is 37.6 Å². The number of amides is 1. The first-order valence-electron chi connectivity index (χ1n) is 6.53. The molecule has 1 unspecified atom stereocenters. The third kappa shape index (κ3) is 2.74. The van der Waals surface area contributed by atoms with Gasteiger partial charge in [-0.25, -0.2) is 15.8 Å². The molecule has 1 saturated heterocycles. The Labute approximate surface area is 117 Å². The molecule has 0 aromatic carbocycles. The number of aromatic nitrogens is 2. The minimum atomic E-state index is -0.0392. The molecule has 0 bridgehead atoms. The van der Waals surface area contributed by atoms with E-state index in [0.717, 1.165) is 19.4 Å². The van der Waals surface area contributed by atoms with Crippen molar-refractivity contribution in [1.29, 1.82) is 0 Å². The smallest absolute Gasteiger partial charge is 0.224 e. The van der Waals surface area contributed by atoms with Gasteiger partial charge in [-0.3, -0.25) is 4.79 Å². The zero-order valence-electron chi connectivity index (χ0n) is 11.7. The summed E-state index contributed by atoms with van der Waals surface area (Å²) in [6.45, 7) is 1.43. The zero-order chi connectivity index (χ0) is 14.5. The van der Waals surface area contributed by atoms with E-state index >= 15 is 0 Å². The molecule has 1 aliphatic heterocycles. The summed E-state index contributed by atoms with van der Waals surface area (Å²) in [5.41, 5.74) is 2.49. The van der Waals surface area contributed by atoms with Crippen LogP contribution in [0, 0.1) is 5.92 Å². The lowest BCUT2D eigenvalue weighted by molar-refractivity contribution is -0.124. The number of ether oxygens (including phenoxy) is 1. The number of methoxy groups -OCH3 is 1. The maximum atomic E-state index is 11.8. The standard InChI is InChI=1S/C12H20N6O2/c1-14-12(19)8-4-3-5-18(6-8)11-9(20-2)10(17-13)15-7-16-11/h7-8H,3-6,13H2,1-2H3,(H,14,19)(H,15,16,17). The van der Waals surface area contributed by atoms with E-state index in [-0.39, 0.29) is 11.8 Å². The molecule has 110 valence electrons. The molecule has 4 N–H and O–H groups in total. The summed E-state index contributed by atoms with van der Waals surface area (Å²) in [5.74, 6) is 7.01. The van der Waals surface area contributed by atoms with Crippen LogP contribution < -0.4 is 26.2 Å². The number of hydrogen-bond donors (Lipinski definition) is 3. The lowest BCUT2D eigenvalue weighted by Crippen LogP contribution is -2.42. The Morgan fingerprint density at radius 2 is 2.35 bits per heavy atom. The van der Waals surface area contributed by atoms with Crippen LogP contribution in [0.5, 0.6) is 5.75 Å². The van der Waals surface area contributed by atoms with Crippen molar-refractivity contribution in [2.45, 2.75) is 12.8 Å². The summed E-state index contributed by atoms with van der Waals surface area (Å²) in [5, 5.41) is 2.70. The molecule has 1 fully saturated rings. The van der Waals surface area contributed by atoms with Gasteiger partial charge in [0.1, 0.15) is 6.33 Å². The number of rotatable bonds is 4. The van der Waals surface area contributed by atoms with E-state index in [1.54, 1.807) is 14.2 Å². The number of carbonyl (C=O) groups excluding carboxylic acids is 1. The van der Waals surface area contributed by atoms with Crippen LogP contribution in [0.15, 0.2) is 6.33 Å². The number of nitrogens with two attached hydrogens (primary N) is 1. The molecule has 2 heterocycles. The summed E-state index contributed by atoms with van der Waals surface area (Å²) in [4.78, 5) is 22.1. The second kappa shape index (κ2) is 6.38. The van der Waals surface area contributed by atoms with Gasteiger partial charge in [0.2, 0.25) is 11.7 Å². The third-order valence-electron chi connectivity index (χ3n) is 3.46. The summed E-state index contributed by atoms with van der Waals surface area (Å²) in [7, 11) is 3.20. The Kier molecular flexibility index (Phi) is 4.57. The molecular formula is C12H20N6O2. The zero-order valence-corrected chi connectivity index (χ0v) is 11.7. The fourth-order valence-electron chi connectivity index (χ4n) is 2.47. The van der Waals surface area contributed by atoms with Crippen molar-refractivity contribution < 1.29 is 9.53 Å². The molecule has 8 heteroatoms. The van der Waals surface area contributed by atoms with Crippen LogP contribution in [-0.2, 0) is 4.79 Å². The number of nitrogens with zero attached hydrogens (tertiary/aromatic N) is 3. The van der Waals surface area contributed by atoms with Gasteiger partial charge in [-0.05, 0) is 12.8 Å². The van der Waals surface area contributed by atoms with Crippen LogP contribution in [0.4, 0.5) is 11.6 Å². The number of carbonyl (C=O) groups is 1. The van der Waals surface area contributed by atoms with Crippen LogP contribution >= 0.6 is 0 Å². The van der Waals surface area contributed by atoms with E-state index in [0.29, 0.717) is 23.9 Å². The van der Waals surface area contributed by atoms with Crippen molar-refractivity contribution in [2.24, 2.45) is 11.8 Å². The molecule has 1 aliphatic rings. The molecule has 1 aromatic heterocycles. The average Bonchev–Trinajstić information content (AvgIpc) is 2.53. The van der Waals surface area contributed by atoms with Gasteiger partial charge < -0.3 is 20.4 Å². The van der Waals surface area contributed by atoms with Crippen molar-refractivity contribution in [3.8, 4) is 5.75 Å². The fraction of sp³-hybridized carbons (Fsp3) is 0.583. The van der Waals surface area contributed by atoms with Crippen molar-refractivity contribution in [3.05, 3.63) is 6.33 Å². The van der Waals surface area contributed by atoms with E-state index in [9.17, 15) is 4.79 Å². The number of piperidine rings is 1. The second-order valence-corrected chi connectivity index (χ2v) is 4.62. The van der Waals surface area contributed by atoms with E-state index in [2.05, 4.69) is 20.7 Å². The topological polar surface area (TPSA) is 105 Å². The van der Waals surface area contributed by atoms with Crippen LogP contribution in [0.1, 0.15) is 12.8 Å². The Hall–Kier alpha value is -2.09. The van der Waals surface area contributed by atoms with Crippen LogP contribution in [0.3, 0.4) is 0 Å². The van der Waals surface area contributed by atoms with Crippen LogP contribution in [0.25, 0.3) is 0 Å². The Bertz CT molecular complexity index is 481. The van der Waals surface area contributed by atoms with Gasteiger partial charge in [0.25, 0.3) is 0 Å². The number of hydrazine groups is 1. The van der Waals surface area contributed by atoms with Gasteiger partial charge in [0.15, 0.2) is 11.6 Å². The Morgan fingerprint density at radius 1 is 1.55 bits per heavy atom. The number of nitrogen functional groups attached to an aromatic ring is 1. The molecule has 8 nitrogen and oxygen atoms in total. The molecule has 2 rings (SSSR count). The molecule has 0 radical (unpaired) electrons. The summed E-state index contributed by atoms with van der Waals surface area (Å²) >= 11 is 0. The normalized spacial score (nSPS) is 18.6. The molecule has 0 saturated carbocycles. The van der Waals surface area contributed by atoms with Crippen molar-refractivity contribution >= 4 is 17.5 Å². The van der Waals surface area contributed by atoms with Crippen molar-refractivity contribution in [1.82, 2.24) is 15.3 Å². The highest BCUT2D eigenvalue weighted by molar-refractivity contribution is 5.79. The SMILES string of the molecule is CNC(=O)C1CCCN(c2ncnc(NN)c2OC)C1. The quantitative estimate of drug-likeness (QED) is 0.515. The van der Waals surface area contributed by atoms with E-state index in [4.69, 9.17) is 10.6 Å². The first-order chi connectivity index (χ1) is 9.71. The highest BCUT2D eigenvalue weighted by Crippen LogP contribution is 2.33. The first kappa shape index (κ1) is 14.3. The second-order valence-electron chi connectivity index (χ2n) is 4.62. The molecule has 1 amide bonds. The van der Waals surface area contributed by atoms with Gasteiger partial charge >= 0.3 is 0 Å². The van der Waals surface area contributed by atoms with Gasteiger partial charge in [-0.1, -0.05) is 0 Å². The number of anilines is 2. The van der Waals surface area contributed by atoms with E-state index in [1.807, 2.05) is 4.90 Å². The maximum Gasteiger partial charge on any atom is 0.224 e. The van der Waals surface area contributed by atoms with E-state index < -0.39 is 0 Å². The number of hydrogen-bond acceptors (Lipinski definition) is 7. The van der Waals surface area contributed by atoms with Gasteiger partial charge in [0.05, 0.1) is 13.0 Å². The predicted octanol–water partition coefficient (Wildman–Crippen LogP) is -0.267. The summed E-state index contributed by atoms with van der Waals surface area (Å²) in [6, 6.07) is 0. The molecule has 0 aliphatic carbocycles.